The second kappa shape index (κ2) is 8.72. The minimum atomic E-state index is 0.101. The van der Waals surface area contributed by atoms with Crippen molar-refractivity contribution < 1.29 is 14.3 Å². The molecule has 1 atom stereocenters. The zero-order valence-corrected chi connectivity index (χ0v) is 11.8. The van der Waals surface area contributed by atoms with Crippen LogP contribution >= 0.6 is 0 Å². The van der Waals surface area contributed by atoms with E-state index in [9.17, 15) is 4.79 Å². The summed E-state index contributed by atoms with van der Waals surface area (Å²) in [5.74, 6) is 0.484. The molecule has 1 aromatic carbocycles. The Balaban J connectivity index is 1.51. The van der Waals surface area contributed by atoms with Crippen molar-refractivity contribution >= 4 is 5.91 Å². The first kappa shape index (κ1) is 15.0. The van der Waals surface area contributed by atoms with Gasteiger partial charge in [-0.05, 0) is 24.3 Å². The van der Waals surface area contributed by atoms with E-state index in [4.69, 9.17) is 9.47 Å². The monoisotopic (exact) mass is 277 g/mol. The summed E-state index contributed by atoms with van der Waals surface area (Å²) in [7, 11) is 0. The molecule has 1 fully saturated rings. The van der Waals surface area contributed by atoms with Gasteiger partial charge in [0.1, 0.15) is 0 Å². The molecule has 1 aliphatic heterocycles. The lowest BCUT2D eigenvalue weighted by molar-refractivity contribution is -0.123. The van der Waals surface area contributed by atoms with Crippen LogP contribution < -0.4 is 5.32 Å². The second-order valence-electron chi connectivity index (χ2n) is 5.18. The Hall–Kier alpha value is -1.39. The molecule has 0 spiro atoms. The number of ether oxygens (including phenoxy) is 2. The van der Waals surface area contributed by atoms with E-state index in [1.807, 2.05) is 30.3 Å². The Labute approximate surface area is 120 Å². The van der Waals surface area contributed by atoms with Crippen molar-refractivity contribution in [2.45, 2.75) is 25.9 Å². The number of hydrogen-bond donors (Lipinski definition) is 1. The second-order valence-corrected chi connectivity index (χ2v) is 5.18. The predicted octanol–water partition coefficient (Wildman–Crippen LogP) is 2.14. The van der Waals surface area contributed by atoms with Crippen LogP contribution in [0.2, 0.25) is 0 Å². The Kier molecular flexibility index (Phi) is 6.54. The van der Waals surface area contributed by atoms with Gasteiger partial charge in [0.2, 0.25) is 5.91 Å². The third-order valence-corrected chi connectivity index (χ3v) is 3.41. The largest absolute Gasteiger partial charge is 0.381 e. The Morgan fingerprint density at radius 2 is 2.20 bits per heavy atom. The SMILES string of the molecule is O=C(CC1CCCOC1)NCCOCc1ccccc1. The summed E-state index contributed by atoms with van der Waals surface area (Å²) in [6.07, 6.45) is 2.73. The molecule has 1 heterocycles. The Morgan fingerprint density at radius 3 is 2.95 bits per heavy atom. The van der Waals surface area contributed by atoms with Crippen molar-refractivity contribution in [1.29, 1.82) is 0 Å². The first-order valence-corrected chi connectivity index (χ1v) is 7.30. The lowest BCUT2D eigenvalue weighted by Crippen LogP contribution is -2.31. The highest BCUT2D eigenvalue weighted by Gasteiger charge is 2.17. The normalized spacial score (nSPS) is 18.7. The van der Waals surface area contributed by atoms with Gasteiger partial charge in [0, 0.05) is 26.2 Å². The average molecular weight is 277 g/mol. The van der Waals surface area contributed by atoms with E-state index >= 15 is 0 Å². The van der Waals surface area contributed by atoms with Gasteiger partial charge in [-0.25, -0.2) is 0 Å². The molecular formula is C16H23NO3. The van der Waals surface area contributed by atoms with Crippen LogP contribution in [0, 0.1) is 5.92 Å². The summed E-state index contributed by atoms with van der Waals surface area (Å²) in [6.45, 7) is 3.26. The van der Waals surface area contributed by atoms with Crippen LogP contribution in [0.25, 0.3) is 0 Å². The molecule has 0 aliphatic carbocycles. The summed E-state index contributed by atoms with van der Waals surface area (Å²) >= 11 is 0. The fourth-order valence-corrected chi connectivity index (χ4v) is 2.33. The van der Waals surface area contributed by atoms with E-state index in [-0.39, 0.29) is 5.91 Å². The van der Waals surface area contributed by atoms with Gasteiger partial charge >= 0.3 is 0 Å². The van der Waals surface area contributed by atoms with E-state index < -0.39 is 0 Å². The Morgan fingerprint density at radius 1 is 1.35 bits per heavy atom. The zero-order valence-electron chi connectivity index (χ0n) is 11.8. The maximum Gasteiger partial charge on any atom is 0.220 e. The van der Waals surface area contributed by atoms with E-state index in [1.165, 1.54) is 0 Å². The molecule has 0 aromatic heterocycles. The minimum Gasteiger partial charge on any atom is -0.381 e. The van der Waals surface area contributed by atoms with Crippen molar-refractivity contribution in [3.05, 3.63) is 35.9 Å². The molecule has 1 amide bonds. The maximum absolute atomic E-state index is 11.7. The molecule has 1 aromatic rings. The van der Waals surface area contributed by atoms with Crippen molar-refractivity contribution in [3.8, 4) is 0 Å². The number of carbonyl (C=O) groups excluding carboxylic acids is 1. The fourth-order valence-electron chi connectivity index (χ4n) is 2.33. The van der Waals surface area contributed by atoms with Crippen LogP contribution in [0.4, 0.5) is 0 Å². The third-order valence-electron chi connectivity index (χ3n) is 3.41. The summed E-state index contributed by atoms with van der Waals surface area (Å²) in [5.41, 5.74) is 1.15. The highest BCUT2D eigenvalue weighted by Crippen LogP contribution is 2.16. The lowest BCUT2D eigenvalue weighted by atomic mass is 9.98. The molecule has 1 saturated heterocycles. The molecule has 0 radical (unpaired) electrons. The molecule has 4 nitrogen and oxygen atoms in total. The molecule has 1 N–H and O–H groups in total. The van der Waals surface area contributed by atoms with E-state index in [2.05, 4.69) is 5.32 Å². The topological polar surface area (TPSA) is 47.6 Å². The quantitative estimate of drug-likeness (QED) is 0.777. The van der Waals surface area contributed by atoms with Crippen molar-refractivity contribution in [2.24, 2.45) is 5.92 Å². The maximum atomic E-state index is 11.7. The number of carbonyl (C=O) groups is 1. The first-order chi connectivity index (χ1) is 9.84. The average Bonchev–Trinajstić information content (AvgIpc) is 2.49. The van der Waals surface area contributed by atoms with Crippen LogP contribution in [0.3, 0.4) is 0 Å². The molecule has 0 bridgehead atoms. The van der Waals surface area contributed by atoms with Crippen LogP contribution in [-0.4, -0.2) is 32.3 Å². The summed E-state index contributed by atoms with van der Waals surface area (Å²) in [6, 6.07) is 10.0. The van der Waals surface area contributed by atoms with Crippen LogP contribution in [0.5, 0.6) is 0 Å². The van der Waals surface area contributed by atoms with Crippen molar-refractivity contribution in [3.63, 3.8) is 0 Å². The van der Waals surface area contributed by atoms with Crippen molar-refractivity contribution in [2.75, 3.05) is 26.4 Å². The number of benzene rings is 1. The molecule has 1 unspecified atom stereocenters. The minimum absolute atomic E-state index is 0.101. The molecule has 2 rings (SSSR count). The van der Waals surface area contributed by atoms with Gasteiger partial charge in [-0.2, -0.15) is 0 Å². The van der Waals surface area contributed by atoms with E-state index in [1.54, 1.807) is 0 Å². The van der Waals surface area contributed by atoms with Gasteiger partial charge in [0.05, 0.1) is 13.2 Å². The molecule has 4 heteroatoms. The molecule has 0 saturated carbocycles. The summed E-state index contributed by atoms with van der Waals surface area (Å²) in [4.78, 5) is 11.7. The molecular weight excluding hydrogens is 254 g/mol. The number of rotatable bonds is 7. The third kappa shape index (κ3) is 5.72. The van der Waals surface area contributed by atoms with Gasteiger partial charge in [0.25, 0.3) is 0 Å². The lowest BCUT2D eigenvalue weighted by Gasteiger charge is -2.21. The fraction of sp³-hybridized carbons (Fsp3) is 0.562. The predicted molar refractivity (Wildman–Crippen MR) is 77.3 cm³/mol. The number of nitrogens with one attached hydrogen (secondary N) is 1. The standard InChI is InChI=1S/C16H23NO3/c18-16(11-15-7-4-9-19-13-15)17-8-10-20-12-14-5-2-1-3-6-14/h1-3,5-6,15H,4,7-13H2,(H,17,18). The van der Waals surface area contributed by atoms with Crippen LogP contribution in [0.15, 0.2) is 30.3 Å². The summed E-state index contributed by atoms with van der Waals surface area (Å²) < 4.78 is 10.9. The van der Waals surface area contributed by atoms with E-state index in [0.717, 1.165) is 31.6 Å². The smallest absolute Gasteiger partial charge is 0.220 e. The molecule has 20 heavy (non-hydrogen) atoms. The highest BCUT2D eigenvalue weighted by molar-refractivity contribution is 5.76. The molecule has 110 valence electrons. The van der Waals surface area contributed by atoms with Gasteiger partial charge in [-0.15, -0.1) is 0 Å². The van der Waals surface area contributed by atoms with Gasteiger partial charge in [-0.3, -0.25) is 4.79 Å². The van der Waals surface area contributed by atoms with Crippen LogP contribution in [0.1, 0.15) is 24.8 Å². The van der Waals surface area contributed by atoms with Gasteiger partial charge < -0.3 is 14.8 Å². The highest BCUT2D eigenvalue weighted by atomic mass is 16.5. The Bertz CT molecular complexity index is 388. The van der Waals surface area contributed by atoms with Crippen molar-refractivity contribution in [1.82, 2.24) is 5.32 Å². The van der Waals surface area contributed by atoms with E-state index in [0.29, 0.717) is 32.1 Å². The zero-order chi connectivity index (χ0) is 14.0. The number of amides is 1. The summed E-state index contributed by atoms with van der Waals surface area (Å²) in [5, 5.41) is 2.90. The molecule has 1 aliphatic rings. The first-order valence-electron chi connectivity index (χ1n) is 7.30. The number of hydrogen-bond acceptors (Lipinski definition) is 3. The van der Waals surface area contributed by atoms with Gasteiger partial charge in [0.15, 0.2) is 0 Å². The van der Waals surface area contributed by atoms with Gasteiger partial charge in [-0.1, -0.05) is 30.3 Å². The van der Waals surface area contributed by atoms with Crippen LogP contribution in [-0.2, 0) is 20.9 Å².